The highest BCUT2D eigenvalue weighted by Crippen LogP contribution is 2.19. The van der Waals surface area contributed by atoms with Crippen LogP contribution in [0.15, 0.2) is 71.9 Å². The number of hydrogen-bond donors (Lipinski definition) is 2. The molecule has 1 aromatic heterocycles. The van der Waals surface area contributed by atoms with Crippen LogP contribution in [-0.2, 0) is 16.1 Å². The molecule has 0 fully saturated rings. The van der Waals surface area contributed by atoms with Gasteiger partial charge in [0, 0.05) is 24.2 Å². The maximum absolute atomic E-state index is 12.0. The van der Waals surface area contributed by atoms with E-state index in [1.54, 1.807) is 42.2 Å². The van der Waals surface area contributed by atoms with Crippen LogP contribution < -0.4 is 10.1 Å². The number of esters is 1. The molecule has 0 saturated carbocycles. The molecule has 0 unspecified atom stereocenters. The average Bonchev–Trinajstić information content (AvgIpc) is 2.82. The van der Waals surface area contributed by atoms with E-state index >= 15 is 0 Å². The number of ether oxygens (including phenoxy) is 2. The van der Waals surface area contributed by atoms with Gasteiger partial charge < -0.3 is 19.9 Å². The highest BCUT2D eigenvalue weighted by Gasteiger charge is 2.09. The molecule has 0 radical (unpaired) electrons. The number of carbonyl (C=O) groups excluding carboxylic acids is 1. The molecule has 0 amide bonds. The van der Waals surface area contributed by atoms with Gasteiger partial charge in [0.2, 0.25) is 0 Å². The average molecular weight is 487 g/mol. The van der Waals surface area contributed by atoms with Crippen LogP contribution in [0.4, 0.5) is 5.69 Å². The number of para-hydroxylation sites is 1. The van der Waals surface area contributed by atoms with E-state index in [1.807, 2.05) is 30.3 Å². The van der Waals surface area contributed by atoms with Gasteiger partial charge in [0.15, 0.2) is 0 Å². The standard InChI is InChI=1S/C24H23ClN2O5S/c25-18-7-10-22(27-15-18)33-14-13-31-19-8-5-17(6-9-19)16-32-23(28)11-12-26-21-4-2-1-3-20(21)24(29)30/h1-10,15,26H,11-14,16H2,(H,29,30). The number of halogens is 1. The van der Waals surface area contributed by atoms with Gasteiger partial charge in [-0.05, 0) is 42.0 Å². The second kappa shape index (κ2) is 12.7. The van der Waals surface area contributed by atoms with Gasteiger partial charge in [-0.15, -0.1) is 11.8 Å². The van der Waals surface area contributed by atoms with Crippen molar-refractivity contribution >= 4 is 41.0 Å². The molecule has 7 nitrogen and oxygen atoms in total. The quantitative estimate of drug-likeness (QED) is 0.206. The molecule has 0 saturated heterocycles. The monoisotopic (exact) mass is 486 g/mol. The van der Waals surface area contributed by atoms with E-state index in [4.69, 9.17) is 21.1 Å². The molecule has 33 heavy (non-hydrogen) atoms. The highest BCUT2D eigenvalue weighted by molar-refractivity contribution is 7.99. The Morgan fingerprint density at radius 1 is 1.06 bits per heavy atom. The summed E-state index contributed by atoms with van der Waals surface area (Å²) in [7, 11) is 0. The fraction of sp³-hybridized carbons (Fsp3) is 0.208. The summed E-state index contributed by atoms with van der Waals surface area (Å²) in [6.07, 6.45) is 1.74. The normalized spacial score (nSPS) is 10.5. The first-order chi connectivity index (χ1) is 16.0. The van der Waals surface area contributed by atoms with Crippen molar-refractivity contribution in [2.45, 2.75) is 18.1 Å². The second-order valence-corrected chi connectivity index (χ2v) is 8.40. The Balaban J connectivity index is 1.33. The summed E-state index contributed by atoms with van der Waals surface area (Å²) >= 11 is 7.40. The number of nitrogens with one attached hydrogen (secondary N) is 1. The van der Waals surface area contributed by atoms with Gasteiger partial charge in [0.05, 0.1) is 28.6 Å². The fourth-order valence-corrected chi connectivity index (χ4v) is 3.57. The predicted molar refractivity (Wildman–Crippen MR) is 128 cm³/mol. The molecule has 0 aliphatic rings. The summed E-state index contributed by atoms with van der Waals surface area (Å²) in [4.78, 5) is 27.4. The minimum Gasteiger partial charge on any atom is -0.493 e. The lowest BCUT2D eigenvalue weighted by atomic mass is 10.2. The SMILES string of the molecule is O=C(CCNc1ccccc1C(=O)O)OCc1ccc(OCCSc2ccc(Cl)cn2)cc1. The molecule has 2 N–H and O–H groups in total. The summed E-state index contributed by atoms with van der Waals surface area (Å²) < 4.78 is 11.0. The Bertz CT molecular complexity index is 1060. The largest absolute Gasteiger partial charge is 0.493 e. The molecule has 0 bridgehead atoms. The van der Waals surface area contributed by atoms with E-state index in [2.05, 4.69) is 10.3 Å². The molecule has 9 heteroatoms. The van der Waals surface area contributed by atoms with Crippen molar-refractivity contribution in [2.24, 2.45) is 0 Å². The van der Waals surface area contributed by atoms with Gasteiger partial charge in [0.25, 0.3) is 0 Å². The molecule has 0 spiro atoms. The van der Waals surface area contributed by atoms with Gasteiger partial charge >= 0.3 is 11.9 Å². The van der Waals surface area contributed by atoms with Gasteiger partial charge in [-0.25, -0.2) is 9.78 Å². The lowest BCUT2D eigenvalue weighted by Gasteiger charge is -2.10. The van der Waals surface area contributed by atoms with Gasteiger partial charge in [-0.1, -0.05) is 35.9 Å². The van der Waals surface area contributed by atoms with Crippen LogP contribution >= 0.6 is 23.4 Å². The maximum Gasteiger partial charge on any atom is 0.337 e. The minimum absolute atomic E-state index is 0.120. The number of carbonyl (C=O) groups is 2. The molecule has 2 aromatic carbocycles. The zero-order chi connectivity index (χ0) is 23.5. The van der Waals surface area contributed by atoms with Crippen LogP contribution in [0.25, 0.3) is 0 Å². The van der Waals surface area contributed by atoms with E-state index < -0.39 is 5.97 Å². The third-order valence-electron chi connectivity index (χ3n) is 4.43. The molecule has 0 aliphatic carbocycles. The van der Waals surface area contributed by atoms with E-state index in [0.29, 0.717) is 17.3 Å². The van der Waals surface area contributed by atoms with Crippen molar-refractivity contribution < 1.29 is 24.2 Å². The summed E-state index contributed by atoms with van der Waals surface area (Å²) in [5, 5.41) is 13.6. The number of rotatable bonds is 12. The van der Waals surface area contributed by atoms with E-state index in [9.17, 15) is 14.7 Å². The number of aromatic carboxylic acids is 1. The first-order valence-corrected chi connectivity index (χ1v) is 11.6. The van der Waals surface area contributed by atoms with Crippen molar-refractivity contribution in [3.63, 3.8) is 0 Å². The van der Waals surface area contributed by atoms with Crippen molar-refractivity contribution in [1.29, 1.82) is 0 Å². The van der Waals surface area contributed by atoms with Crippen LogP contribution in [0.1, 0.15) is 22.3 Å². The molecule has 3 aromatic rings. The van der Waals surface area contributed by atoms with Crippen molar-refractivity contribution in [1.82, 2.24) is 4.98 Å². The van der Waals surface area contributed by atoms with E-state index in [0.717, 1.165) is 22.1 Å². The number of pyridine rings is 1. The number of carboxylic acid groups (broad SMARTS) is 1. The molecule has 1 heterocycles. The van der Waals surface area contributed by atoms with Gasteiger partial charge in [-0.3, -0.25) is 4.79 Å². The minimum atomic E-state index is -1.02. The summed E-state index contributed by atoms with van der Waals surface area (Å²) in [6, 6.07) is 17.6. The fourth-order valence-electron chi connectivity index (χ4n) is 2.79. The Labute approximate surface area is 201 Å². The zero-order valence-electron chi connectivity index (χ0n) is 17.7. The summed E-state index contributed by atoms with van der Waals surface area (Å²) in [5.41, 5.74) is 1.48. The predicted octanol–water partition coefficient (Wildman–Crippen LogP) is 5.15. The first kappa shape index (κ1) is 24.4. The van der Waals surface area contributed by atoms with Crippen molar-refractivity contribution in [3.8, 4) is 5.75 Å². The van der Waals surface area contributed by atoms with Crippen LogP contribution in [0.5, 0.6) is 5.75 Å². The lowest BCUT2D eigenvalue weighted by Crippen LogP contribution is -2.13. The second-order valence-electron chi connectivity index (χ2n) is 6.84. The van der Waals surface area contributed by atoms with Gasteiger partial charge in [0.1, 0.15) is 12.4 Å². The Morgan fingerprint density at radius 3 is 2.58 bits per heavy atom. The number of nitrogens with zero attached hydrogens (tertiary/aromatic N) is 1. The van der Waals surface area contributed by atoms with Crippen LogP contribution in [0.2, 0.25) is 5.02 Å². The number of anilines is 1. The number of hydrogen-bond acceptors (Lipinski definition) is 7. The topological polar surface area (TPSA) is 97.8 Å². The number of aromatic nitrogens is 1. The lowest BCUT2D eigenvalue weighted by molar-refractivity contribution is -0.144. The van der Waals surface area contributed by atoms with Crippen molar-refractivity contribution in [2.75, 3.05) is 24.2 Å². The van der Waals surface area contributed by atoms with Gasteiger partial charge in [-0.2, -0.15) is 0 Å². The molecule has 0 aliphatic heterocycles. The smallest absolute Gasteiger partial charge is 0.337 e. The Morgan fingerprint density at radius 2 is 1.85 bits per heavy atom. The summed E-state index contributed by atoms with van der Waals surface area (Å²) in [6.45, 7) is 0.962. The Hall–Kier alpha value is -3.23. The highest BCUT2D eigenvalue weighted by atomic mass is 35.5. The molecule has 0 atom stereocenters. The number of thioether (sulfide) groups is 1. The van der Waals surface area contributed by atoms with Crippen molar-refractivity contribution in [3.05, 3.63) is 83.0 Å². The Kier molecular flexibility index (Phi) is 9.41. The molecule has 172 valence electrons. The number of carboxylic acids is 1. The maximum atomic E-state index is 12.0. The van der Waals surface area contributed by atoms with Crippen LogP contribution in [-0.4, -0.2) is 40.9 Å². The summed E-state index contributed by atoms with van der Waals surface area (Å²) in [5.74, 6) is 0.0869. The molecular weight excluding hydrogens is 464 g/mol. The molecular formula is C24H23ClN2O5S. The van der Waals surface area contributed by atoms with E-state index in [1.165, 1.54) is 6.07 Å². The number of benzene rings is 2. The zero-order valence-corrected chi connectivity index (χ0v) is 19.3. The van der Waals surface area contributed by atoms with Crippen LogP contribution in [0, 0.1) is 0 Å². The third-order valence-corrected chi connectivity index (χ3v) is 5.56. The van der Waals surface area contributed by atoms with Crippen LogP contribution in [0.3, 0.4) is 0 Å². The first-order valence-electron chi connectivity index (χ1n) is 10.2. The molecule has 3 rings (SSSR count). The third kappa shape index (κ3) is 8.32. The van der Waals surface area contributed by atoms with E-state index in [-0.39, 0.29) is 31.1 Å².